The molecule has 256 valence electrons. The number of nitrogens with one attached hydrogen (secondary N) is 4. The molecule has 0 aliphatic rings. The van der Waals surface area contributed by atoms with Gasteiger partial charge in [-0.05, 0) is 63.3 Å². The second-order valence-corrected chi connectivity index (χ2v) is 12.0. The van der Waals surface area contributed by atoms with Crippen LogP contribution < -0.4 is 26.0 Å². The van der Waals surface area contributed by atoms with Crippen molar-refractivity contribution in [2.24, 2.45) is 0 Å². The third-order valence-electron chi connectivity index (χ3n) is 6.73. The van der Waals surface area contributed by atoms with Crippen LogP contribution in [0.2, 0.25) is 0 Å². The SMILES string of the molecule is C=CCOc1ccc(C[C@H](NC(C)=O)C(=O)N[C@@H](CCCCNC(=O)OC(C)(C)C)C(=O)N[C@@H](Cc2ccccc2)C(=O)OC)cc1. The van der Waals surface area contributed by atoms with Gasteiger partial charge in [0.05, 0.1) is 7.11 Å². The van der Waals surface area contributed by atoms with E-state index in [4.69, 9.17) is 14.2 Å². The van der Waals surface area contributed by atoms with Crippen LogP contribution in [0.3, 0.4) is 0 Å². The van der Waals surface area contributed by atoms with Crippen LogP contribution >= 0.6 is 0 Å². The Morgan fingerprint density at radius 2 is 1.40 bits per heavy atom. The molecule has 0 spiro atoms. The van der Waals surface area contributed by atoms with Crippen molar-refractivity contribution in [3.05, 3.63) is 78.4 Å². The molecule has 2 rings (SSSR count). The third kappa shape index (κ3) is 15.3. The zero-order chi connectivity index (χ0) is 34.8. The average molecular weight is 653 g/mol. The second-order valence-electron chi connectivity index (χ2n) is 12.0. The Labute approximate surface area is 277 Å². The molecule has 0 bridgehead atoms. The van der Waals surface area contributed by atoms with Crippen molar-refractivity contribution in [3.8, 4) is 5.75 Å². The van der Waals surface area contributed by atoms with Crippen molar-refractivity contribution >= 4 is 29.8 Å². The van der Waals surface area contributed by atoms with Crippen molar-refractivity contribution in [2.75, 3.05) is 20.3 Å². The first-order valence-corrected chi connectivity index (χ1v) is 15.6. The fourth-order valence-corrected chi connectivity index (χ4v) is 4.54. The number of ether oxygens (including phenoxy) is 3. The number of carbonyl (C=O) groups excluding carboxylic acids is 5. The maximum absolute atomic E-state index is 13.6. The molecule has 0 aliphatic heterocycles. The molecule has 0 heterocycles. The van der Waals surface area contributed by atoms with E-state index in [9.17, 15) is 24.0 Å². The summed E-state index contributed by atoms with van der Waals surface area (Å²) in [6.07, 6.45) is 2.52. The van der Waals surface area contributed by atoms with Gasteiger partial charge in [0.2, 0.25) is 17.7 Å². The predicted molar refractivity (Wildman–Crippen MR) is 178 cm³/mol. The highest BCUT2D eigenvalue weighted by atomic mass is 16.6. The van der Waals surface area contributed by atoms with Crippen molar-refractivity contribution < 1.29 is 38.2 Å². The lowest BCUT2D eigenvalue weighted by Crippen LogP contribution is -2.56. The van der Waals surface area contributed by atoms with E-state index in [0.29, 0.717) is 25.2 Å². The van der Waals surface area contributed by atoms with Gasteiger partial charge in [-0.3, -0.25) is 14.4 Å². The summed E-state index contributed by atoms with van der Waals surface area (Å²) in [5, 5.41) is 10.8. The first kappa shape index (κ1) is 38.3. The Balaban J connectivity index is 2.19. The Bertz CT molecular complexity index is 1330. The topological polar surface area (TPSA) is 161 Å². The number of carbonyl (C=O) groups is 5. The van der Waals surface area contributed by atoms with Crippen molar-refractivity contribution in [1.29, 1.82) is 0 Å². The summed E-state index contributed by atoms with van der Waals surface area (Å²) in [5.74, 6) is -1.58. The van der Waals surface area contributed by atoms with Crippen LogP contribution in [0.4, 0.5) is 4.79 Å². The Morgan fingerprint density at radius 1 is 0.809 bits per heavy atom. The summed E-state index contributed by atoms with van der Waals surface area (Å²) in [6, 6.07) is 13.2. The van der Waals surface area contributed by atoms with Gasteiger partial charge in [-0.2, -0.15) is 0 Å². The molecule has 2 aromatic carbocycles. The zero-order valence-electron chi connectivity index (χ0n) is 27.9. The number of amides is 4. The van der Waals surface area contributed by atoms with Crippen LogP contribution in [0, 0.1) is 0 Å². The first-order chi connectivity index (χ1) is 22.3. The summed E-state index contributed by atoms with van der Waals surface area (Å²) >= 11 is 0. The molecule has 0 saturated heterocycles. The van der Waals surface area contributed by atoms with Crippen LogP contribution in [0.1, 0.15) is 58.1 Å². The molecule has 4 amide bonds. The molecule has 0 aromatic heterocycles. The summed E-state index contributed by atoms with van der Waals surface area (Å²) in [7, 11) is 1.24. The maximum atomic E-state index is 13.6. The molecule has 2 aromatic rings. The Hall–Kier alpha value is -4.87. The maximum Gasteiger partial charge on any atom is 0.407 e. The lowest BCUT2D eigenvalue weighted by molar-refractivity contribution is -0.145. The Kier molecular flexibility index (Phi) is 16.0. The lowest BCUT2D eigenvalue weighted by atomic mass is 10.0. The molecule has 4 N–H and O–H groups in total. The number of benzene rings is 2. The number of esters is 1. The van der Waals surface area contributed by atoms with E-state index in [1.54, 1.807) is 51.1 Å². The van der Waals surface area contributed by atoms with Gasteiger partial charge in [0.1, 0.15) is 36.1 Å². The van der Waals surface area contributed by atoms with Gasteiger partial charge < -0.3 is 35.5 Å². The van der Waals surface area contributed by atoms with Crippen LogP contribution in [-0.4, -0.2) is 73.8 Å². The molecule has 0 radical (unpaired) electrons. The second kappa shape index (κ2) is 19.6. The first-order valence-electron chi connectivity index (χ1n) is 15.6. The minimum Gasteiger partial charge on any atom is -0.490 e. The molecule has 12 heteroatoms. The molecular formula is C35H48N4O8. The van der Waals surface area contributed by atoms with Crippen molar-refractivity contribution in [3.63, 3.8) is 0 Å². The highest BCUT2D eigenvalue weighted by molar-refractivity contribution is 5.93. The van der Waals surface area contributed by atoms with E-state index in [0.717, 1.165) is 11.1 Å². The zero-order valence-corrected chi connectivity index (χ0v) is 27.9. The number of rotatable bonds is 18. The van der Waals surface area contributed by atoms with Crippen LogP contribution in [-0.2, 0) is 41.5 Å². The standard InChI is InChI=1S/C35H48N4O8/c1-7-21-46-27-18-16-26(17-19-27)22-29(37-24(2)40)32(42)38-28(15-11-12-20-36-34(44)47-35(3,4)5)31(41)39-30(33(43)45-6)23-25-13-9-8-10-14-25/h7-10,13-14,16-19,28-30H,1,11-12,15,20-23H2,2-6H3,(H,36,44)(H,37,40)(H,38,42)(H,39,41)/t28-,29-,30-/m0/s1. The lowest BCUT2D eigenvalue weighted by Gasteiger charge is -2.25. The van der Waals surface area contributed by atoms with E-state index in [1.165, 1.54) is 14.0 Å². The number of methoxy groups -OCH3 is 1. The summed E-state index contributed by atoms with van der Waals surface area (Å²) < 4.78 is 15.7. The molecule has 0 fully saturated rings. The molecule has 47 heavy (non-hydrogen) atoms. The van der Waals surface area contributed by atoms with Crippen LogP contribution in [0.15, 0.2) is 67.3 Å². The summed E-state index contributed by atoms with van der Waals surface area (Å²) in [5.41, 5.74) is 0.926. The largest absolute Gasteiger partial charge is 0.490 e. The molecule has 0 aliphatic carbocycles. The average Bonchev–Trinajstić information content (AvgIpc) is 3.02. The smallest absolute Gasteiger partial charge is 0.407 e. The van der Waals surface area contributed by atoms with Gasteiger partial charge in [-0.25, -0.2) is 9.59 Å². The monoisotopic (exact) mass is 652 g/mol. The molecule has 0 unspecified atom stereocenters. The molecular weight excluding hydrogens is 604 g/mol. The van der Waals surface area contributed by atoms with Gasteiger partial charge in [0, 0.05) is 26.3 Å². The third-order valence-corrected chi connectivity index (χ3v) is 6.73. The fourth-order valence-electron chi connectivity index (χ4n) is 4.54. The highest BCUT2D eigenvalue weighted by Crippen LogP contribution is 2.15. The normalized spacial score (nSPS) is 12.8. The predicted octanol–water partition coefficient (Wildman–Crippen LogP) is 3.38. The van der Waals surface area contributed by atoms with Crippen molar-refractivity contribution in [1.82, 2.24) is 21.3 Å². The minimum atomic E-state index is -1.06. The number of hydrogen-bond donors (Lipinski definition) is 4. The highest BCUT2D eigenvalue weighted by Gasteiger charge is 2.30. The minimum absolute atomic E-state index is 0.153. The van der Waals surface area contributed by atoms with Gasteiger partial charge in [-0.15, -0.1) is 0 Å². The van der Waals surface area contributed by atoms with Gasteiger partial charge >= 0.3 is 12.1 Å². The van der Waals surface area contributed by atoms with E-state index in [-0.39, 0.29) is 25.8 Å². The summed E-state index contributed by atoms with van der Waals surface area (Å²) in [4.78, 5) is 63.9. The van der Waals surface area contributed by atoms with E-state index >= 15 is 0 Å². The van der Waals surface area contributed by atoms with E-state index < -0.39 is 53.5 Å². The number of unbranched alkanes of at least 4 members (excludes halogenated alkanes) is 1. The van der Waals surface area contributed by atoms with Gasteiger partial charge in [0.25, 0.3) is 0 Å². The fraction of sp³-hybridized carbons (Fsp3) is 0.457. The van der Waals surface area contributed by atoms with Gasteiger partial charge in [-0.1, -0.05) is 55.1 Å². The van der Waals surface area contributed by atoms with Crippen molar-refractivity contribution in [2.45, 2.75) is 83.5 Å². The molecule has 12 nitrogen and oxygen atoms in total. The number of hydrogen-bond acceptors (Lipinski definition) is 8. The molecule has 3 atom stereocenters. The summed E-state index contributed by atoms with van der Waals surface area (Å²) in [6.45, 7) is 10.9. The molecule has 0 saturated carbocycles. The van der Waals surface area contributed by atoms with Gasteiger partial charge in [0.15, 0.2) is 0 Å². The van der Waals surface area contributed by atoms with Crippen LogP contribution in [0.25, 0.3) is 0 Å². The van der Waals surface area contributed by atoms with E-state index in [2.05, 4.69) is 27.8 Å². The quantitative estimate of drug-likeness (QED) is 0.108. The van der Waals surface area contributed by atoms with E-state index in [1.807, 2.05) is 30.3 Å². The van der Waals surface area contributed by atoms with Crippen LogP contribution in [0.5, 0.6) is 5.75 Å². The Morgan fingerprint density at radius 3 is 2.00 bits per heavy atom. The number of alkyl carbamates (subject to hydrolysis) is 1.